The second-order valence-electron chi connectivity index (χ2n) is 4.79. The molecule has 1 amide bonds. The Morgan fingerprint density at radius 2 is 2.05 bits per heavy atom. The zero-order valence-electron chi connectivity index (χ0n) is 11.8. The normalized spacial score (nSPS) is 15.8. The number of nitrogens with zero attached hydrogens (tertiary/aromatic N) is 5. The first-order valence-electron chi connectivity index (χ1n) is 6.38. The molecule has 0 radical (unpaired) electrons. The maximum absolute atomic E-state index is 11.7. The van der Waals surface area contributed by atoms with Gasteiger partial charge < -0.3 is 14.5 Å². The van der Waals surface area contributed by atoms with Gasteiger partial charge in [0, 0.05) is 20.1 Å². The molecule has 0 aromatic carbocycles. The zero-order valence-corrected chi connectivity index (χ0v) is 11.8. The Bertz CT molecular complexity index is 494. The summed E-state index contributed by atoms with van der Waals surface area (Å²) < 4.78 is 5.46. The number of likely N-dealkylation sites (N-methyl/N-ethyl adjacent to an activating group) is 1. The monoisotopic (exact) mass is 281 g/mol. The second-order valence-corrected chi connectivity index (χ2v) is 4.79. The molecule has 110 valence electrons. The lowest BCUT2D eigenvalue weighted by molar-refractivity contribution is -0.129. The minimum atomic E-state index is -0.0648. The Labute approximate surface area is 117 Å². The van der Waals surface area contributed by atoms with Crippen LogP contribution in [0.2, 0.25) is 0 Å². The molecule has 1 aliphatic heterocycles. The number of hydrogen-bond acceptors (Lipinski definition) is 8. The van der Waals surface area contributed by atoms with E-state index in [9.17, 15) is 4.79 Å². The average Bonchev–Trinajstić information content (AvgIpc) is 2.40. The molecule has 1 saturated heterocycles. The molecule has 1 fully saturated rings. The molecule has 2 rings (SSSR count). The summed E-state index contributed by atoms with van der Waals surface area (Å²) in [6.07, 6.45) is -0.0648. The summed E-state index contributed by atoms with van der Waals surface area (Å²) in [7, 11) is 1.77. The SMILES string of the molecule is CC(C)Oc1nc(NN)nc(N2CCN(C)C(=O)C2)n1. The third-order valence-corrected chi connectivity index (χ3v) is 2.81. The van der Waals surface area contributed by atoms with E-state index in [0.717, 1.165) is 0 Å². The highest BCUT2D eigenvalue weighted by Crippen LogP contribution is 2.17. The fourth-order valence-electron chi connectivity index (χ4n) is 1.74. The molecular weight excluding hydrogens is 262 g/mol. The highest BCUT2D eigenvalue weighted by atomic mass is 16.5. The molecule has 2 heterocycles. The van der Waals surface area contributed by atoms with E-state index in [1.54, 1.807) is 16.8 Å². The second kappa shape index (κ2) is 5.87. The van der Waals surface area contributed by atoms with Crippen LogP contribution in [0.1, 0.15) is 13.8 Å². The molecule has 1 aliphatic rings. The van der Waals surface area contributed by atoms with Crippen molar-refractivity contribution in [3.05, 3.63) is 0 Å². The quantitative estimate of drug-likeness (QED) is 0.546. The number of hydrazine groups is 1. The smallest absolute Gasteiger partial charge is 0.323 e. The minimum Gasteiger partial charge on any atom is -0.461 e. The number of nitrogen functional groups attached to an aromatic ring is 1. The van der Waals surface area contributed by atoms with E-state index in [1.165, 1.54) is 0 Å². The lowest BCUT2D eigenvalue weighted by atomic mass is 10.3. The fraction of sp³-hybridized carbons (Fsp3) is 0.636. The van der Waals surface area contributed by atoms with Crippen molar-refractivity contribution >= 4 is 17.8 Å². The topological polar surface area (TPSA) is 109 Å². The van der Waals surface area contributed by atoms with Gasteiger partial charge in [0.25, 0.3) is 0 Å². The summed E-state index contributed by atoms with van der Waals surface area (Å²) in [6.45, 7) is 5.25. The average molecular weight is 281 g/mol. The largest absolute Gasteiger partial charge is 0.461 e. The van der Waals surface area contributed by atoms with E-state index in [2.05, 4.69) is 20.4 Å². The van der Waals surface area contributed by atoms with Crippen molar-refractivity contribution in [3.8, 4) is 6.01 Å². The fourth-order valence-corrected chi connectivity index (χ4v) is 1.74. The van der Waals surface area contributed by atoms with E-state index >= 15 is 0 Å². The van der Waals surface area contributed by atoms with Gasteiger partial charge in [-0.2, -0.15) is 15.0 Å². The number of carbonyl (C=O) groups excluding carboxylic acids is 1. The van der Waals surface area contributed by atoms with Gasteiger partial charge in [-0.15, -0.1) is 0 Å². The van der Waals surface area contributed by atoms with Crippen LogP contribution < -0.4 is 20.9 Å². The molecule has 3 N–H and O–H groups in total. The molecule has 1 aromatic heterocycles. The van der Waals surface area contributed by atoms with Crippen LogP contribution in [0.25, 0.3) is 0 Å². The first-order valence-corrected chi connectivity index (χ1v) is 6.38. The van der Waals surface area contributed by atoms with Crippen molar-refractivity contribution in [1.82, 2.24) is 19.9 Å². The summed E-state index contributed by atoms with van der Waals surface area (Å²) in [5, 5.41) is 0. The predicted molar refractivity (Wildman–Crippen MR) is 73.3 cm³/mol. The van der Waals surface area contributed by atoms with Gasteiger partial charge in [-0.05, 0) is 13.8 Å². The Morgan fingerprint density at radius 3 is 2.65 bits per heavy atom. The van der Waals surface area contributed by atoms with Crippen molar-refractivity contribution in [2.24, 2.45) is 5.84 Å². The molecule has 0 unspecified atom stereocenters. The number of amides is 1. The van der Waals surface area contributed by atoms with E-state index < -0.39 is 0 Å². The van der Waals surface area contributed by atoms with Crippen LogP contribution in [0, 0.1) is 0 Å². The molecule has 0 saturated carbocycles. The lowest BCUT2D eigenvalue weighted by Crippen LogP contribution is -2.49. The molecule has 0 bridgehead atoms. The first kappa shape index (κ1) is 14.3. The zero-order chi connectivity index (χ0) is 14.7. The molecule has 20 heavy (non-hydrogen) atoms. The molecule has 0 atom stereocenters. The highest BCUT2D eigenvalue weighted by molar-refractivity contribution is 5.81. The molecule has 1 aromatic rings. The van der Waals surface area contributed by atoms with E-state index in [0.29, 0.717) is 19.0 Å². The van der Waals surface area contributed by atoms with Gasteiger partial charge in [0.05, 0.1) is 12.6 Å². The van der Waals surface area contributed by atoms with Gasteiger partial charge in [0.1, 0.15) is 0 Å². The Hall–Kier alpha value is -2.16. The van der Waals surface area contributed by atoms with Crippen molar-refractivity contribution in [2.45, 2.75) is 20.0 Å². The summed E-state index contributed by atoms with van der Waals surface area (Å²) in [6, 6.07) is 0.185. The minimum absolute atomic E-state index is 0.0187. The van der Waals surface area contributed by atoms with Crippen LogP contribution in [0.3, 0.4) is 0 Å². The number of rotatable bonds is 4. The van der Waals surface area contributed by atoms with Gasteiger partial charge >= 0.3 is 6.01 Å². The number of anilines is 2. The summed E-state index contributed by atoms with van der Waals surface area (Å²) >= 11 is 0. The van der Waals surface area contributed by atoms with Crippen LogP contribution in [-0.2, 0) is 4.79 Å². The van der Waals surface area contributed by atoms with Crippen molar-refractivity contribution in [1.29, 1.82) is 0 Å². The Morgan fingerprint density at radius 1 is 1.30 bits per heavy atom. The third kappa shape index (κ3) is 3.23. The number of ether oxygens (including phenoxy) is 1. The van der Waals surface area contributed by atoms with Crippen molar-refractivity contribution in [2.75, 3.05) is 37.0 Å². The molecule has 9 heteroatoms. The van der Waals surface area contributed by atoms with Crippen LogP contribution in [0.5, 0.6) is 6.01 Å². The van der Waals surface area contributed by atoms with E-state index in [-0.39, 0.29) is 30.5 Å². The number of piperazine rings is 1. The lowest BCUT2D eigenvalue weighted by Gasteiger charge is -2.31. The molecule has 0 aliphatic carbocycles. The number of nitrogens with two attached hydrogens (primary N) is 1. The Kier molecular flexibility index (Phi) is 4.18. The maximum Gasteiger partial charge on any atom is 0.323 e. The number of hydrogen-bond donors (Lipinski definition) is 2. The number of aromatic nitrogens is 3. The maximum atomic E-state index is 11.7. The summed E-state index contributed by atoms with van der Waals surface area (Å²) in [4.78, 5) is 27.6. The van der Waals surface area contributed by atoms with Crippen molar-refractivity contribution < 1.29 is 9.53 Å². The van der Waals surface area contributed by atoms with Gasteiger partial charge in [0.15, 0.2) is 0 Å². The van der Waals surface area contributed by atoms with Crippen LogP contribution in [0.15, 0.2) is 0 Å². The van der Waals surface area contributed by atoms with Crippen LogP contribution in [0.4, 0.5) is 11.9 Å². The van der Waals surface area contributed by atoms with E-state index in [1.807, 2.05) is 13.8 Å². The summed E-state index contributed by atoms with van der Waals surface area (Å²) in [5.74, 6) is 5.95. The van der Waals surface area contributed by atoms with Gasteiger partial charge in [-0.3, -0.25) is 10.2 Å². The van der Waals surface area contributed by atoms with E-state index in [4.69, 9.17) is 10.6 Å². The van der Waals surface area contributed by atoms with Crippen molar-refractivity contribution in [3.63, 3.8) is 0 Å². The Balaban J connectivity index is 2.24. The van der Waals surface area contributed by atoms with Gasteiger partial charge in [-0.1, -0.05) is 0 Å². The number of nitrogens with one attached hydrogen (secondary N) is 1. The van der Waals surface area contributed by atoms with Gasteiger partial charge in [-0.25, -0.2) is 5.84 Å². The van der Waals surface area contributed by atoms with Gasteiger partial charge in [0.2, 0.25) is 17.8 Å². The standard InChI is InChI=1S/C11H19N7O2/c1-7(2)20-11-14-9(16-12)13-10(15-11)18-5-4-17(3)8(19)6-18/h7H,4-6,12H2,1-3H3,(H,13,14,15,16). The molecule has 9 nitrogen and oxygen atoms in total. The van der Waals surface area contributed by atoms with Crippen LogP contribution in [-0.4, -0.2) is 58.5 Å². The van der Waals surface area contributed by atoms with Crippen LogP contribution >= 0.6 is 0 Å². The predicted octanol–water partition coefficient (Wildman–Crippen LogP) is -0.777. The first-order chi connectivity index (χ1) is 9.49. The molecular formula is C11H19N7O2. The number of carbonyl (C=O) groups is 1. The third-order valence-electron chi connectivity index (χ3n) is 2.81. The highest BCUT2D eigenvalue weighted by Gasteiger charge is 2.24. The summed E-state index contributed by atoms with van der Waals surface area (Å²) in [5.41, 5.74) is 2.38. The molecule has 0 spiro atoms.